The van der Waals surface area contributed by atoms with Gasteiger partial charge in [-0.15, -0.1) is 0 Å². The Bertz CT molecular complexity index is 771. The standard InChI is InChI=1S/C15H14N2O3S/c18-21(19)8-5-13-1-2-14(9-15(13)21)17-11-20-10-12-3-6-16-7-4-12/h1-9,17H,10-11H2. The molecule has 5 nitrogen and oxygen atoms in total. The van der Waals surface area contributed by atoms with Gasteiger partial charge in [-0.25, -0.2) is 8.42 Å². The summed E-state index contributed by atoms with van der Waals surface area (Å²) in [6.45, 7) is 0.773. The van der Waals surface area contributed by atoms with E-state index in [1.165, 1.54) is 5.41 Å². The Morgan fingerprint density at radius 3 is 2.76 bits per heavy atom. The number of benzene rings is 1. The van der Waals surface area contributed by atoms with Crippen LogP contribution in [0.1, 0.15) is 11.1 Å². The molecule has 0 saturated carbocycles. The summed E-state index contributed by atoms with van der Waals surface area (Å²) in [6, 6.07) is 9.00. The average molecular weight is 302 g/mol. The SMILES string of the molecule is O=S1(=O)C=Cc2ccc(NCOCc3ccncc3)cc21. The lowest BCUT2D eigenvalue weighted by Gasteiger charge is -2.09. The van der Waals surface area contributed by atoms with Crippen molar-refractivity contribution in [3.8, 4) is 0 Å². The maximum Gasteiger partial charge on any atom is 0.200 e. The number of aromatic nitrogens is 1. The van der Waals surface area contributed by atoms with Crippen LogP contribution in [0.15, 0.2) is 53.0 Å². The first-order chi connectivity index (χ1) is 10.1. The fraction of sp³-hybridized carbons (Fsp3) is 0.133. The van der Waals surface area contributed by atoms with E-state index in [0.29, 0.717) is 18.2 Å². The van der Waals surface area contributed by atoms with Crippen molar-refractivity contribution in [3.05, 3.63) is 59.3 Å². The van der Waals surface area contributed by atoms with Gasteiger partial charge in [-0.3, -0.25) is 4.98 Å². The van der Waals surface area contributed by atoms with Gasteiger partial charge in [0.15, 0.2) is 0 Å². The lowest BCUT2D eigenvalue weighted by atomic mass is 10.2. The smallest absolute Gasteiger partial charge is 0.200 e. The number of rotatable bonds is 5. The summed E-state index contributed by atoms with van der Waals surface area (Å²) in [5.74, 6) is 0. The molecule has 0 amide bonds. The van der Waals surface area contributed by atoms with E-state index in [0.717, 1.165) is 16.8 Å². The molecule has 3 rings (SSSR count). The van der Waals surface area contributed by atoms with Gasteiger partial charge in [0.05, 0.1) is 11.5 Å². The summed E-state index contributed by atoms with van der Waals surface area (Å²) >= 11 is 0. The zero-order chi connectivity index (χ0) is 14.7. The normalized spacial score (nSPS) is 14.9. The second-order valence-electron chi connectivity index (χ2n) is 4.63. The molecule has 0 spiro atoms. The topological polar surface area (TPSA) is 68.3 Å². The summed E-state index contributed by atoms with van der Waals surface area (Å²) in [6.07, 6.45) is 5.03. The van der Waals surface area contributed by atoms with E-state index in [-0.39, 0.29) is 0 Å². The van der Waals surface area contributed by atoms with Crippen molar-refractivity contribution in [2.45, 2.75) is 11.5 Å². The van der Waals surface area contributed by atoms with E-state index in [1.54, 1.807) is 30.6 Å². The van der Waals surface area contributed by atoms with E-state index in [9.17, 15) is 8.42 Å². The molecule has 0 fully saturated rings. The maximum absolute atomic E-state index is 11.8. The highest BCUT2D eigenvalue weighted by Gasteiger charge is 2.20. The maximum atomic E-state index is 11.8. The molecule has 21 heavy (non-hydrogen) atoms. The Labute approximate surface area is 123 Å². The Kier molecular flexibility index (Phi) is 3.72. The first kappa shape index (κ1) is 13.8. The molecule has 2 heterocycles. The van der Waals surface area contributed by atoms with E-state index >= 15 is 0 Å². The van der Waals surface area contributed by atoms with Gasteiger partial charge < -0.3 is 10.1 Å². The molecular weight excluding hydrogens is 288 g/mol. The number of sulfone groups is 1. The molecule has 108 valence electrons. The van der Waals surface area contributed by atoms with Gasteiger partial charge in [-0.05, 0) is 41.5 Å². The van der Waals surface area contributed by atoms with Crippen molar-refractivity contribution in [1.29, 1.82) is 0 Å². The summed E-state index contributed by atoms with van der Waals surface area (Å²) in [5, 5.41) is 4.28. The summed E-state index contributed by atoms with van der Waals surface area (Å²) < 4.78 is 29.0. The Morgan fingerprint density at radius 2 is 1.95 bits per heavy atom. The minimum Gasteiger partial charge on any atom is -0.363 e. The van der Waals surface area contributed by atoms with Crippen LogP contribution in [-0.2, 0) is 21.2 Å². The zero-order valence-electron chi connectivity index (χ0n) is 11.2. The fourth-order valence-corrected chi connectivity index (χ4v) is 3.28. The number of hydrogen-bond acceptors (Lipinski definition) is 5. The predicted octanol–water partition coefficient (Wildman–Crippen LogP) is 2.43. The highest BCUT2D eigenvalue weighted by molar-refractivity contribution is 7.94. The second kappa shape index (κ2) is 5.67. The minimum absolute atomic E-state index is 0.300. The number of nitrogens with one attached hydrogen (secondary N) is 1. The molecule has 0 aliphatic carbocycles. The van der Waals surface area contributed by atoms with Crippen LogP contribution in [0, 0.1) is 0 Å². The molecule has 1 aliphatic rings. The van der Waals surface area contributed by atoms with E-state index < -0.39 is 9.84 Å². The summed E-state index contributed by atoms with van der Waals surface area (Å²) in [7, 11) is -3.27. The first-order valence-corrected chi connectivity index (χ1v) is 7.97. The summed E-state index contributed by atoms with van der Waals surface area (Å²) in [5.41, 5.74) is 2.47. The molecule has 2 aromatic rings. The largest absolute Gasteiger partial charge is 0.363 e. The molecule has 1 N–H and O–H groups in total. The van der Waals surface area contributed by atoms with E-state index in [2.05, 4.69) is 10.3 Å². The molecule has 1 aromatic carbocycles. The third-order valence-corrected chi connectivity index (χ3v) is 4.60. The third kappa shape index (κ3) is 3.12. The van der Waals surface area contributed by atoms with Crippen LogP contribution in [-0.4, -0.2) is 20.1 Å². The van der Waals surface area contributed by atoms with Gasteiger partial charge >= 0.3 is 0 Å². The van der Waals surface area contributed by atoms with Crippen LogP contribution in [0.3, 0.4) is 0 Å². The fourth-order valence-electron chi connectivity index (χ4n) is 2.05. The number of fused-ring (bicyclic) bond motifs is 1. The van der Waals surface area contributed by atoms with Crippen LogP contribution in [0.25, 0.3) is 6.08 Å². The van der Waals surface area contributed by atoms with Crippen LogP contribution >= 0.6 is 0 Å². The lowest BCUT2D eigenvalue weighted by Crippen LogP contribution is -2.07. The quantitative estimate of drug-likeness (QED) is 0.678. The van der Waals surface area contributed by atoms with Gasteiger partial charge in [0.1, 0.15) is 6.73 Å². The van der Waals surface area contributed by atoms with Crippen LogP contribution in [0.4, 0.5) is 5.69 Å². The Morgan fingerprint density at radius 1 is 1.14 bits per heavy atom. The number of pyridine rings is 1. The van der Waals surface area contributed by atoms with Crippen molar-refractivity contribution in [1.82, 2.24) is 4.98 Å². The van der Waals surface area contributed by atoms with Gasteiger partial charge in [0.25, 0.3) is 0 Å². The van der Waals surface area contributed by atoms with Crippen molar-refractivity contribution in [2.75, 3.05) is 12.0 Å². The van der Waals surface area contributed by atoms with Crippen LogP contribution < -0.4 is 5.32 Å². The number of nitrogens with zero attached hydrogens (tertiary/aromatic N) is 1. The number of anilines is 1. The van der Waals surface area contributed by atoms with Crippen molar-refractivity contribution in [3.63, 3.8) is 0 Å². The molecule has 0 unspecified atom stereocenters. The van der Waals surface area contributed by atoms with Gasteiger partial charge in [0.2, 0.25) is 9.84 Å². The van der Waals surface area contributed by atoms with E-state index in [1.807, 2.05) is 18.2 Å². The molecule has 0 saturated heterocycles. The van der Waals surface area contributed by atoms with Crippen LogP contribution in [0.2, 0.25) is 0 Å². The van der Waals surface area contributed by atoms with Crippen molar-refractivity contribution >= 4 is 21.6 Å². The number of ether oxygens (including phenoxy) is 1. The molecule has 1 aromatic heterocycles. The Balaban J connectivity index is 1.58. The van der Waals surface area contributed by atoms with Crippen molar-refractivity contribution in [2.24, 2.45) is 0 Å². The lowest BCUT2D eigenvalue weighted by molar-refractivity contribution is 0.138. The molecule has 0 bridgehead atoms. The molecule has 0 radical (unpaired) electrons. The predicted molar refractivity (Wildman–Crippen MR) is 80.2 cm³/mol. The molecular formula is C15H14N2O3S. The van der Waals surface area contributed by atoms with Gasteiger partial charge in [-0.1, -0.05) is 6.07 Å². The second-order valence-corrected chi connectivity index (χ2v) is 6.43. The summed E-state index contributed by atoms with van der Waals surface area (Å²) in [4.78, 5) is 4.27. The van der Waals surface area contributed by atoms with Crippen molar-refractivity contribution < 1.29 is 13.2 Å². The number of hydrogen-bond donors (Lipinski definition) is 1. The first-order valence-electron chi connectivity index (χ1n) is 6.43. The Hall–Kier alpha value is -2.18. The molecule has 6 heteroatoms. The average Bonchev–Trinajstić information content (AvgIpc) is 2.80. The minimum atomic E-state index is -3.27. The highest BCUT2D eigenvalue weighted by Crippen LogP contribution is 2.29. The monoisotopic (exact) mass is 302 g/mol. The van der Waals surface area contributed by atoms with Gasteiger partial charge in [-0.2, -0.15) is 0 Å². The highest BCUT2D eigenvalue weighted by atomic mass is 32.2. The van der Waals surface area contributed by atoms with Crippen LogP contribution in [0.5, 0.6) is 0 Å². The molecule has 0 atom stereocenters. The van der Waals surface area contributed by atoms with E-state index in [4.69, 9.17) is 4.74 Å². The third-order valence-electron chi connectivity index (χ3n) is 3.14. The van der Waals surface area contributed by atoms with Gasteiger partial charge in [0, 0.05) is 23.5 Å². The zero-order valence-corrected chi connectivity index (χ0v) is 12.0. The molecule has 1 aliphatic heterocycles.